The van der Waals surface area contributed by atoms with Crippen molar-refractivity contribution in [1.29, 1.82) is 0 Å². The summed E-state index contributed by atoms with van der Waals surface area (Å²) in [5, 5.41) is 0. The highest BCUT2D eigenvalue weighted by Gasteiger charge is 2.40. The molecular formula is C14H20N2O3S. The lowest BCUT2D eigenvalue weighted by molar-refractivity contribution is 0.129. The molecule has 0 amide bonds. The molecule has 1 aromatic rings. The maximum Gasteiger partial charge on any atom is 0.248 e. The van der Waals surface area contributed by atoms with Crippen LogP contribution in [0.1, 0.15) is 38.5 Å². The van der Waals surface area contributed by atoms with Crippen LogP contribution in [0.4, 0.5) is 0 Å². The zero-order valence-electron chi connectivity index (χ0n) is 11.4. The van der Waals surface area contributed by atoms with E-state index in [1.165, 1.54) is 24.9 Å². The minimum atomic E-state index is -3.67. The van der Waals surface area contributed by atoms with Crippen molar-refractivity contribution in [1.82, 2.24) is 9.29 Å². The van der Waals surface area contributed by atoms with Crippen molar-refractivity contribution in [2.75, 3.05) is 6.54 Å². The van der Waals surface area contributed by atoms with Gasteiger partial charge in [0.1, 0.15) is 4.90 Å². The van der Waals surface area contributed by atoms with E-state index < -0.39 is 15.5 Å². The summed E-state index contributed by atoms with van der Waals surface area (Å²) < 4.78 is 27.1. The van der Waals surface area contributed by atoms with E-state index in [9.17, 15) is 13.2 Å². The zero-order chi connectivity index (χ0) is 14.2. The van der Waals surface area contributed by atoms with Gasteiger partial charge in [-0.1, -0.05) is 12.8 Å². The fourth-order valence-electron chi connectivity index (χ4n) is 3.61. The van der Waals surface area contributed by atoms with E-state index in [2.05, 4.69) is 4.98 Å². The van der Waals surface area contributed by atoms with Crippen LogP contribution in [-0.2, 0) is 10.0 Å². The molecule has 0 spiro atoms. The highest BCUT2D eigenvalue weighted by Crippen LogP contribution is 2.37. The van der Waals surface area contributed by atoms with Gasteiger partial charge < -0.3 is 4.98 Å². The van der Waals surface area contributed by atoms with Gasteiger partial charge in [-0.25, -0.2) is 8.42 Å². The fourth-order valence-corrected chi connectivity index (χ4v) is 5.40. The molecule has 1 aliphatic carbocycles. The molecule has 3 rings (SSSR count). The Morgan fingerprint density at radius 1 is 1.15 bits per heavy atom. The lowest BCUT2D eigenvalue weighted by Crippen LogP contribution is -2.50. The number of sulfonamides is 1. The molecule has 110 valence electrons. The van der Waals surface area contributed by atoms with Gasteiger partial charge in [-0.15, -0.1) is 0 Å². The normalized spacial score (nSPS) is 28.0. The molecule has 2 aliphatic rings. The summed E-state index contributed by atoms with van der Waals surface area (Å²) in [5.74, 6) is 0.468. The summed E-state index contributed by atoms with van der Waals surface area (Å²) >= 11 is 0. The minimum Gasteiger partial charge on any atom is -0.366 e. The molecular weight excluding hydrogens is 276 g/mol. The predicted octanol–water partition coefficient (Wildman–Crippen LogP) is 1.72. The first-order valence-corrected chi connectivity index (χ1v) is 8.73. The van der Waals surface area contributed by atoms with Crippen LogP contribution in [0, 0.1) is 5.92 Å². The molecule has 2 heterocycles. The molecule has 2 atom stereocenters. The topological polar surface area (TPSA) is 70.2 Å². The molecule has 0 bridgehead atoms. The van der Waals surface area contributed by atoms with E-state index in [0.717, 1.165) is 32.1 Å². The summed E-state index contributed by atoms with van der Waals surface area (Å²) in [7, 11) is -3.67. The van der Waals surface area contributed by atoms with Gasteiger partial charge in [0.25, 0.3) is 0 Å². The maximum absolute atomic E-state index is 12.8. The Morgan fingerprint density at radius 3 is 2.70 bits per heavy atom. The number of piperidine rings is 1. The van der Waals surface area contributed by atoms with Crippen LogP contribution >= 0.6 is 0 Å². The molecule has 5 nitrogen and oxygen atoms in total. The second-order valence-electron chi connectivity index (χ2n) is 5.74. The summed E-state index contributed by atoms with van der Waals surface area (Å²) in [4.78, 5) is 14.4. The average Bonchev–Trinajstić information content (AvgIpc) is 2.47. The van der Waals surface area contributed by atoms with Gasteiger partial charge in [0.15, 0.2) is 0 Å². The molecule has 1 saturated carbocycles. The third-order valence-electron chi connectivity index (χ3n) is 4.57. The van der Waals surface area contributed by atoms with Gasteiger partial charge >= 0.3 is 0 Å². The van der Waals surface area contributed by atoms with Gasteiger partial charge in [0, 0.05) is 31.0 Å². The van der Waals surface area contributed by atoms with E-state index in [1.54, 1.807) is 4.31 Å². The number of H-pyrrole nitrogens is 1. The number of aromatic nitrogens is 1. The number of pyridine rings is 1. The molecule has 1 aliphatic heterocycles. The Morgan fingerprint density at radius 2 is 1.90 bits per heavy atom. The fraction of sp³-hybridized carbons (Fsp3) is 0.643. The van der Waals surface area contributed by atoms with Crippen molar-refractivity contribution < 1.29 is 8.42 Å². The van der Waals surface area contributed by atoms with E-state index in [1.807, 2.05) is 0 Å². The van der Waals surface area contributed by atoms with Crippen molar-refractivity contribution >= 4 is 10.0 Å². The number of hydrogen-bond donors (Lipinski definition) is 1. The van der Waals surface area contributed by atoms with Crippen LogP contribution in [0.5, 0.6) is 0 Å². The first-order valence-electron chi connectivity index (χ1n) is 7.29. The first kappa shape index (κ1) is 13.8. The van der Waals surface area contributed by atoms with Crippen molar-refractivity contribution in [2.24, 2.45) is 5.92 Å². The monoisotopic (exact) mass is 296 g/mol. The Kier molecular flexibility index (Phi) is 3.69. The summed E-state index contributed by atoms with van der Waals surface area (Å²) in [6.45, 7) is 0.540. The van der Waals surface area contributed by atoms with Crippen LogP contribution in [0.2, 0.25) is 0 Å². The van der Waals surface area contributed by atoms with Gasteiger partial charge in [0.05, 0.1) is 0 Å². The van der Waals surface area contributed by atoms with Crippen molar-refractivity contribution in [3.05, 3.63) is 28.7 Å². The van der Waals surface area contributed by atoms with Gasteiger partial charge in [-0.05, 0) is 31.6 Å². The van der Waals surface area contributed by atoms with Crippen molar-refractivity contribution in [3.63, 3.8) is 0 Å². The van der Waals surface area contributed by atoms with Crippen LogP contribution in [-0.4, -0.2) is 30.3 Å². The molecule has 1 aromatic heterocycles. The smallest absolute Gasteiger partial charge is 0.248 e. The lowest BCUT2D eigenvalue weighted by atomic mass is 9.79. The summed E-state index contributed by atoms with van der Waals surface area (Å²) in [5.41, 5.74) is -0.429. The largest absolute Gasteiger partial charge is 0.366 e. The van der Waals surface area contributed by atoms with E-state index in [0.29, 0.717) is 12.5 Å². The molecule has 0 radical (unpaired) electrons. The molecule has 6 heteroatoms. The standard InChI is InChI=1S/C14H20N2O3S/c17-13-7-8-15-10-14(13)20(18,19)16-9-3-5-11-4-1-2-6-12(11)16/h7-8,10-12H,1-6,9H2,(H,15,17). The minimum absolute atomic E-state index is 0.0853. The SMILES string of the molecule is O=c1cc[nH]cc1S(=O)(=O)N1CCCC2CCCCC21. The van der Waals surface area contributed by atoms with E-state index in [4.69, 9.17) is 0 Å². The Labute approximate surface area is 119 Å². The zero-order valence-corrected chi connectivity index (χ0v) is 12.2. The second-order valence-corrected chi connectivity index (χ2v) is 7.60. The Bertz CT molecular complexity index is 636. The molecule has 2 fully saturated rings. The lowest BCUT2D eigenvalue weighted by Gasteiger charge is -2.42. The van der Waals surface area contributed by atoms with Crippen LogP contribution in [0.25, 0.3) is 0 Å². The number of hydrogen-bond acceptors (Lipinski definition) is 3. The molecule has 0 aromatic carbocycles. The van der Waals surface area contributed by atoms with E-state index in [-0.39, 0.29) is 10.9 Å². The van der Waals surface area contributed by atoms with Gasteiger partial charge in [-0.2, -0.15) is 4.31 Å². The Balaban J connectivity index is 1.98. The number of nitrogens with one attached hydrogen (secondary N) is 1. The van der Waals surface area contributed by atoms with Crippen LogP contribution in [0.15, 0.2) is 28.2 Å². The predicted molar refractivity (Wildman–Crippen MR) is 75.9 cm³/mol. The first-order chi connectivity index (χ1) is 9.60. The van der Waals surface area contributed by atoms with Crippen molar-refractivity contribution in [3.8, 4) is 0 Å². The Hall–Kier alpha value is -1.14. The molecule has 2 unspecified atom stereocenters. The second kappa shape index (κ2) is 5.33. The van der Waals surface area contributed by atoms with Crippen LogP contribution < -0.4 is 5.43 Å². The third-order valence-corrected chi connectivity index (χ3v) is 6.51. The quantitative estimate of drug-likeness (QED) is 0.903. The highest BCUT2D eigenvalue weighted by molar-refractivity contribution is 7.89. The third kappa shape index (κ3) is 2.31. The van der Waals surface area contributed by atoms with Gasteiger partial charge in [0.2, 0.25) is 15.5 Å². The molecule has 1 N–H and O–H groups in total. The van der Waals surface area contributed by atoms with Crippen molar-refractivity contribution in [2.45, 2.75) is 49.5 Å². The van der Waals surface area contributed by atoms with Crippen LogP contribution in [0.3, 0.4) is 0 Å². The summed E-state index contributed by atoms with van der Waals surface area (Å²) in [6.07, 6.45) is 9.09. The average molecular weight is 296 g/mol. The summed E-state index contributed by atoms with van der Waals surface area (Å²) in [6, 6.07) is 1.36. The number of rotatable bonds is 2. The highest BCUT2D eigenvalue weighted by atomic mass is 32.2. The maximum atomic E-state index is 12.8. The number of aromatic amines is 1. The van der Waals surface area contributed by atoms with Gasteiger partial charge in [-0.3, -0.25) is 4.79 Å². The number of nitrogens with zero attached hydrogens (tertiary/aromatic N) is 1. The molecule has 20 heavy (non-hydrogen) atoms. The number of fused-ring (bicyclic) bond motifs is 1. The van der Waals surface area contributed by atoms with E-state index >= 15 is 0 Å². The molecule has 1 saturated heterocycles.